The van der Waals surface area contributed by atoms with Crippen molar-refractivity contribution in [3.63, 3.8) is 0 Å². The van der Waals surface area contributed by atoms with Crippen molar-refractivity contribution < 1.29 is 78.0 Å². The van der Waals surface area contributed by atoms with Gasteiger partial charge >= 0.3 is 0 Å². The summed E-state index contributed by atoms with van der Waals surface area (Å²) in [7, 11) is 0. The van der Waals surface area contributed by atoms with Gasteiger partial charge in [0.2, 0.25) is 59.1 Å². The molecule has 3 aliphatic heterocycles. The third-order valence-electron chi connectivity index (χ3n) is 16.2. The molecule has 484 valence electrons. The summed E-state index contributed by atoms with van der Waals surface area (Å²) >= 11 is 0. The number of hydrogen-bond acceptors (Lipinski definition) is 16. The molecule has 28 heteroatoms. The maximum absolute atomic E-state index is 14.6. The average molecular weight is 1230 g/mol. The van der Waals surface area contributed by atoms with Crippen molar-refractivity contribution >= 4 is 70.9 Å². The fraction of sp³-hybridized carbons (Fsp3) is 0.661. The lowest BCUT2D eigenvalue weighted by Crippen LogP contribution is -2.61. The van der Waals surface area contributed by atoms with Gasteiger partial charge in [-0.05, 0) is 68.8 Å². The van der Waals surface area contributed by atoms with Crippen molar-refractivity contribution in [3.8, 4) is 0 Å². The Kier molecular flexibility index (Phi) is 29.2. The van der Waals surface area contributed by atoms with E-state index >= 15 is 0 Å². The van der Waals surface area contributed by atoms with E-state index in [0.717, 1.165) is 18.9 Å². The summed E-state index contributed by atoms with van der Waals surface area (Å²) in [6.07, 6.45) is -0.182. The summed E-state index contributed by atoms with van der Waals surface area (Å²) in [6.45, 7) is 9.12. The molecule has 0 saturated carbocycles. The Bertz CT molecular complexity index is 2610. The molecule has 0 bridgehead atoms. The number of hydrogen-bond donors (Lipinski definition) is 14. The molecule has 0 radical (unpaired) electrons. The molecule has 0 spiro atoms. The summed E-state index contributed by atoms with van der Waals surface area (Å²) in [4.78, 5) is 170. The van der Waals surface area contributed by atoms with Gasteiger partial charge in [-0.25, -0.2) is 0 Å². The molecule has 0 aliphatic carbocycles. The van der Waals surface area contributed by atoms with Crippen LogP contribution in [0.4, 0.5) is 0 Å². The molecule has 3 heterocycles. The van der Waals surface area contributed by atoms with Crippen LogP contribution in [0.1, 0.15) is 131 Å². The van der Waals surface area contributed by atoms with Gasteiger partial charge in [-0.3, -0.25) is 57.5 Å². The Labute approximate surface area is 507 Å². The summed E-state index contributed by atoms with van der Waals surface area (Å²) < 4.78 is 0. The lowest BCUT2D eigenvalue weighted by molar-refractivity contribution is -0.144. The zero-order valence-electron chi connectivity index (χ0n) is 50.9. The Hall–Kier alpha value is -7.56. The topological polar surface area (TPSA) is 427 Å². The highest BCUT2D eigenvalue weighted by molar-refractivity contribution is 6.03. The van der Waals surface area contributed by atoms with E-state index in [1.165, 1.54) is 16.7 Å². The van der Waals surface area contributed by atoms with Crippen molar-refractivity contribution in [2.24, 2.45) is 23.5 Å². The molecule has 3 aliphatic rings. The molecule has 1 aromatic carbocycles. The van der Waals surface area contributed by atoms with Crippen LogP contribution in [-0.2, 0) is 64.0 Å². The normalized spacial score (nSPS) is 28.4. The molecular formula is C59H92N12O16. The van der Waals surface area contributed by atoms with Gasteiger partial charge < -0.3 is 83.8 Å². The fourth-order valence-electron chi connectivity index (χ4n) is 10.6. The third kappa shape index (κ3) is 21.1. The number of nitrogens with zero attached hydrogens (tertiary/aromatic N) is 2. The van der Waals surface area contributed by atoms with E-state index in [1.807, 2.05) is 6.92 Å². The van der Waals surface area contributed by atoms with E-state index < -0.39 is 188 Å². The van der Waals surface area contributed by atoms with Gasteiger partial charge in [-0.15, -0.1) is 0 Å². The minimum Gasteiger partial charge on any atom is -0.394 e. The Morgan fingerprint density at radius 1 is 0.701 bits per heavy atom. The van der Waals surface area contributed by atoms with Crippen LogP contribution in [0.3, 0.4) is 0 Å². The first kappa shape index (κ1) is 71.9. The highest BCUT2D eigenvalue weighted by Gasteiger charge is 2.44. The maximum atomic E-state index is 14.6. The van der Waals surface area contributed by atoms with Crippen LogP contribution in [0, 0.1) is 17.8 Å². The molecule has 87 heavy (non-hydrogen) atoms. The molecular weight excluding hydrogens is 1130 g/mol. The SMILES string of the molecule is CC=C1NC(=O)C(CO)NC(=O)C(C(C)CC)NC(=O)C(Cc2ccccc2)NC(=O)C2CC(C)CN2C(=O)CNC(=O)C(CCC(N)=O)NC(=O)C(O)C(CC(O)CCCCC)NC(=O)C2CCCN2C(=O)C(C(C)CC)NC(=O)C(CO)NC1=O. The highest BCUT2D eigenvalue weighted by atomic mass is 16.3. The van der Waals surface area contributed by atoms with Crippen LogP contribution in [0.25, 0.3) is 0 Å². The quantitative estimate of drug-likeness (QED) is 0.0547. The lowest BCUT2D eigenvalue weighted by atomic mass is 9.96. The minimum absolute atomic E-state index is 0.0127. The van der Waals surface area contributed by atoms with E-state index in [0.29, 0.717) is 31.2 Å². The third-order valence-corrected chi connectivity index (χ3v) is 16.2. The van der Waals surface area contributed by atoms with E-state index in [9.17, 15) is 78.0 Å². The van der Waals surface area contributed by atoms with E-state index in [-0.39, 0.29) is 51.1 Å². The second kappa shape index (κ2) is 35.3. The smallest absolute Gasteiger partial charge is 0.268 e. The van der Waals surface area contributed by atoms with Gasteiger partial charge in [0.25, 0.3) is 11.8 Å². The molecule has 0 aromatic heterocycles. The molecule has 28 nitrogen and oxygen atoms in total. The number of aliphatic hydroxyl groups is 4. The van der Waals surface area contributed by atoms with Gasteiger partial charge in [-0.2, -0.15) is 0 Å². The second-order valence-corrected chi connectivity index (χ2v) is 23.0. The number of unbranched alkanes of at least 4 members (excludes halogenated alkanes) is 2. The molecule has 14 unspecified atom stereocenters. The van der Waals surface area contributed by atoms with Crippen molar-refractivity contribution in [2.75, 3.05) is 32.8 Å². The molecule has 1 aromatic rings. The minimum atomic E-state index is -2.17. The van der Waals surface area contributed by atoms with Crippen LogP contribution >= 0.6 is 0 Å². The first-order chi connectivity index (χ1) is 41.3. The number of rotatable bonds is 17. The fourth-order valence-corrected chi connectivity index (χ4v) is 10.6. The Balaban J connectivity index is 1.79. The van der Waals surface area contributed by atoms with Crippen LogP contribution in [-0.4, -0.2) is 201 Å². The van der Waals surface area contributed by atoms with Crippen LogP contribution in [0.15, 0.2) is 42.1 Å². The predicted octanol–water partition coefficient (Wildman–Crippen LogP) is -2.97. The van der Waals surface area contributed by atoms with Crippen LogP contribution in [0.2, 0.25) is 0 Å². The molecule has 12 amide bonds. The van der Waals surface area contributed by atoms with Crippen LogP contribution in [0.5, 0.6) is 0 Å². The van der Waals surface area contributed by atoms with E-state index in [2.05, 4.69) is 47.9 Å². The summed E-state index contributed by atoms with van der Waals surface area (Å²) in [5.41, 5.74) is 5.55. The standard InChI is InChI=1S/C59H92N12O16/c1-8-12-14-20-36(74)27-39-49(77)58(86)63-38(22-23-45(60)75)50(78)61-28-46(76)71-29-32(5)25-44(71)56(84)65-40(26-35-18-15-13-16-19-35)52(80)68-47(33(6)9-2)57(85)67-41(30-72)53(81)62-37(11-4)51(79)66-42(31-73)54(82)69-48(34(7)10-3)59(87)70-24-17-21-43(70)55(83)64-39/h11,13,15-16,18-19,32-34,36,38-44,47-49,72-74,77H,8-10,12,14,17,20-31H2,1-7H3,(H2,60,75)(H,61,78)(H,62,81)(H,63,86)(H,64,83)(H,65,84)(H,66,79)(H,67,85)(H,68,80)(H,69,82). The number of nitrogens with one attached hydrogen (secondary N) is 9. The average Bonchev–Trinajstić information content (AvgIpc) is 2.41. The number of primary amides is 1. The number of fused-ring (bicyclic) bond motifs is 2. The first-order valence-corrected chi connectivity index (χ1v) is 30.2. The van der Waals surface area contributed by atoms with E-state index in [1.54, 1.807) is 65.0 Å². The molecule has 15 N–H and O–H groups in total. The molecule has 3 saturated heterocycles. The first-order valence-electron chi connectivity index (χ1n) is 30.2. The van der Waals surface area contributed by atoms with Crippen molar-refractivity contribution in [1.29, 1.82) is 0 Å². The van der Waals surface area contributed by atoms with Crippen molar-refractivity contribution in [1.82, 2.24) is 57.7 Å². The monoisotopic (exact) mass is 1220 g/mol. The van der Waals surface area contributed by atoms with Gasteiger partial charge in [0.05, 0.1) is 31.9 Å². The van der Waals surface area contributed by atoms with Crippen LogP contribution < -0.4 is 53.6 Å². The number of aliphatic hydroxyl groups excluding tert-OH is 4. The van der Waals surface area contributed by atoms with Crippen molar-refractivity contribution in [3.05, 3.63) is 47.7 Å². The zero-order chi connectivity index (χ0) is 64.7. The number of carbonyl (C=O) groups is 12. The molecule has 3 fully saturated rings. The summed E-state index contributed by atoms with van der Waals surface area (Å²) in [5.74, 6) is -12.7. The van der Waals surface area contributed by atoms with Crippen molar-refractivity contribution in [2.45, 2.75) is 199 Å². The number of benzene rings is 1. The molecule has 4 rings (SSSR count). The summed E-state index contributed by atoms with van der Waals surface area (Å²) in [5, 5.41) is 66.3. The summed E-state index contributed by atoms with van der Waals surface area (Å²) in [6, 6.07) is -4.65. The Morgan fingerprint density at radius 2 is 1.30 bits per heavy atom. The number of carbonyl (C=O) groups excluding carboxylic acids is 12. The van der Waals surface area contributed by atoms with Gasteiger partial charge in [0.1, 0.15) is 54.0 Å². The predicted molar refractivity (Wildman–Crippen MR) is 315 cm³/mol. The second-order valence-electron chi connectivity index (χ2n) is 23.0. The van der Waals surface area contributed by atoms with Gasteiger partial charge in [0, 0.05) is 25.9 Å². The largest absolute Gasteiger partial charge is 0.394 e. The van der Waals surface area contributed by atoms with E-state index in [4.69, 9.17) is 5.73 Å². The van der Waals surface area contributed by atoms with Gasteiger partial charge in [0.15, 0.2) is 6.10 Å². The zero-order valence-corrected chi connectivity index (χ0v) is 50.9. The number of allylic oxidation sites excluding steroid dienone is 1. The lowest BCUT2D eigenvalue weighted by Gasteiger charge is -2.33. The number of nitrogens with two attached hydrogens (primary N) is 1. The van der Waals surface area contributed by atoms with Gasteiger partial charge in [-0.1, -0.05) is 110 Å². The maximum Gasteiger partial charge on any atom is 0.268 e. The molecule has 14 atom stereocenters. The Morgan fingerprint density at radius 3 is 1.92 bits per heavy atom. The number of amides is 12. The highest BCUT2D eigenvalue weighted by Crippen LogP contribution is 2.25.